The zero-order chi connectivity index (χ0) is 20.1. The fraction of sp³-hybridized carbons (Fsp3) is 0.636. The molecule has 1 aromatic carbocycles. The molecule has 1 atom stereocenters. The van der Waals surface area contributed by atoms with Gasteiger partial charge in [-0.05, 0) is 64.0 Å². The second kappa shape index (κ2) is 8.84. The Kier molecular flexibility index (Phi) is 7.00. The van der Waals surface area contributed by atoms with Gasteiger partial charge in [-0.25, -0.2) is 4.39 Å². The number of carbonyl (C=O) groups is 1. The second-order valence-corrected chi connectivity index (χ2v) is 8.12. The van der Waals surface area contributed by atoms with E-state index < -0.39 is 16.8 Å². The van der Waals surface area contributed by atoms with Crippen LogP contribution in [0, 0.1) is 23.1 Å². The van der Waals surface area contributed by atoms with E-state index in [2.05, 4.69) is 6.07 Å². The minimum Gasteiger partial charge on any atom is -0.466 e. The highest BCUT2D eigenvalue weighted by atomic mass is 19.1. The number of halogens is 1. The predicted octanol–water partition coefficient (Wildman–Crippen LogP) is 4.43. The summed E-state index contributed by atoms with van der Waals surface area (Å²) >= 11 is 0. The quantitative estimate of drug-likeness (QED) is 0.682. The van der Waals surface area contributed by atoms with Crippen molar-refractivity contribution in [2.75, 3.05) is 6.61 Å². The van der Waals surface area contributed by atoms with Gasteiger partial charge in [0.25, 0.3) is 0 Å². The van der Waals surface area contributed by atoms with Crippen LogP contribution in [0.5, 0.6) is 0 Å². The van der Waals surface area contributed by atoms with Crippen LogP contribution >= 0.6 is 0 Å². The van der Waals surface area contributed by atoms with Crippen LogP contribution < -0.4 is 0 Å². The van der Waals surface area contributed by atoms with Crippen LogP contribution in [-0.4, -0.2) is 23.3 Å². The van der Waals surface area contributed by atoms with Crippen molar-refractivity contribution >= 4 is 5.97 Å². The van der Waals surface area contributed by atoms with E-state index in [1.807, 2.05) is 0 Å². The molecule has 1 aliphatic carbocycles. The first-order chi connectivity index (χ1) is 12.7. The summed E-state index contributed by atoms with van der Waals surface area (Å²) in [6, 6.07) is 7.00. The maximum absolute atomic E-state index is 14.5. The number of rotatable bonds is 8. The van der Waals surface area contributed by atoms with E-state index in [0.29, 0.717) is 25.0 Å². The van der Waals surface area contributed by atoms with Gasteiger partial charge in [-0.3, -0.25) is 4.79 Å². The molecule has 0 bridgehead atoms. The molecular formula is C22H30FNO3. The van der Waals surface area contributed by atoms with E-state index in [-0.39, 0.29) is 18.3 Å². The summed E-state index contributed by atoms with van der Waals surface area (Å²) in [6.07, 6.45) is 4.75. The van der Waals surface area contributed by atoms with Gasteiger partial charge >= 0.3 is 5.97 Å². The molecule has 148 valence electrons. The van der Waals surface area contributed by atoms with Crippen LogP contribution in [0.4, 0.5) is 4.39 Å². The first-order valence-corrected chi connectivity index (χ1v) is 9.80. The summed E-state index contributed by atoms with van der Waals surface area (Å²) in [7, 11) is 0. The van der Waals surface area contributed by atoms with Crippen molar-refractivity contribution < 1.29 is 19.0 Å². The highest BCUT2D eigenvalue weighted by Gasteiger charge is 2.40. The number of benzene rings is 1. The number of aliphatic hydroxyl groups is 1. The molecule has 0 aromatic heterocycles. The Morgan fingerprint density at radius 1 is 1.37 bits per heavy atom. The number of ether oxygens (including phenoxy) is 1. The predicted molar refractivity (Wildman–Crippen MR) is 102 cm³/mol. The van der Waals surface area contributed by atoms with Crippen molar-refractivity contribution in [3.05, 3.63) is 35.1 Å². The smallest absolute Gasteiger partial charge is 0.308 e. The van der Waals surface area contributed by atoms with E-state index in [9.17, 15) is 19.6 Å². The van der Waals surface area contributed by atoms with Gasteiger partial charge in [-0.2, -0.15) is 5.26 Å². The van der Waals surface area contributed by atoms with Crippen LogP contribution in [-0.2, 0) is 21.4 Å². The minimum atomic E-state index is -1.12. The van der Waals surface area contributed by atoms with Gasteiger partial charge in [0.1, 0.15) is 5.82 Å². The average molecular weight is 375 g/mol. The maximum atomic E-state index is 14.5. The molecule has 0 heterocycles. The Balaban J connectivity index is 2.13. The summed E-state index contributed by atoms with van der Waals surface area (Å²) in [5.41, 5.74) is -0.891. The van der Waals surface area contributed by atoms with E-state index in [1.165, 1.54) is 6.07 Å². The third-order valence-corrected chi connectivity index (χ3v) is 5.70. The van der Waals surface area contributed by atoms with Crippen molar-refractivity contribution in [3.8, 4) is 6.07 Å². The largest absolute Gasteiger partial charge is 0.466 e. The molecule has 27 heavy (non-hydrogen) atoms. The van der Waals surface area contributed by atoms with Crippen LogP contribution in [0.3, 0.4) is 0 Å². The molecule has 0 radical (unpaired) electrons. The Labute approximate surface area is 161 Å². The van der Waals surface area contributed by atoms with Gasteiger partial charge in [-0.1, -0.05) is 25.0 Å². The number of esters is 1. The van der Waals surface area contributed by atoms with Gasteiger partial charge in [0.15, 0.2) is 0 Å². The molecule has 1 aromatic rings. The Bertz CT molecular complexity index is 704. The first-order valence-electron chi connectivity index (χ1n) is 9.80. The van der Waals surface area contributed by atoms with Crippen molar-refractivity contribution in [1.29, 1.82) is 5.26 Å². The number of nitrogens with zero attached hydrogens (tertiary/aromatic N) is 1. The molecule has 0 saturated heterocycles. The fourth-order valence-electron chi connectivity index (χ4n) is 4.00. The number of hydrogen-bond donors (Lipinski definition) is 1. The minimum absolute atomic E-state index is 0.0203. The third-order valence-electron chi connectivity index (χ3n) is 5.70. The SMILES string of the molecule is CCOC(=O)CC(O)(CCc1ccc(C(C)(C)C#N)c(F)c1)C1CCCC1. The average Bonchev–Trinajstić information content (AvgIpc) is 3.15. The molecule has 1 saturated carbocycles. The molecule has 1 fully saturated rings. The Morgan fingerprint density at radius 2 is 2.04 bits per heavy atom. The second-order valence-electron chi connectivity index (χ2n) is 8.12. The third kappa shape index (κ3) is 5.29. The van der Waals surface area contributed by atoms with Crippen LogP contribution in [0.2, 0.25) is 0 Å². The normalized spacial score (nSPS) is 17.3. The van der Waals surface area contributed by atoms with Gasteiger partial charge in [0.05, 0.1) is 30.1 Å². The molecule has 2 rings (SSSR count). The number of aryl methyl sites for hydroxylation is 1. The number of carbonyl (C=O) groups excluding carboxylic acids is 1. The molecular weight excluding hydrogens is 345 g/mol. The van der Waals surface area contributed by atoms with Gasteiger partial charge in [0, 0.05) is 5.56 Å². The zero-order valence-electron chi connectivity index (χ0n) is 16.6. The fourth-order valence-corrected chi connectivity index (χ4v) is 4.00. The molecule has 0 aliphatic heterocycles. The molecule has 4 nitrogen and oxygen atoms in total. The van der Waals surface area contributed by atoms with Crippen LogP contribution in [0.15, 0.2) is 18.2 Å². The van der Waals surface area contributed by atoms with Crippen molar-refractivity contribution in [1.82, 2.24) is 0 Å². The zero-order valence-corrected chi connectivity index (χ0v) is 16.6. The standard InChI is InChI=1S/C22H30FNO3/c1-4-27-20(25)14-22(26,17-7-5-6-8-17)12-11-16-9-10-18(19(23)13-16)21(2,3)15-24/h9-10,13,17,26H,4-8,11-12,14H2,1-3H3. The summed E-state index contributed by atoms with van der Waals surface area (Å²) in [5, 5.41) is 20.4. The van der Waals surface area contributed by atoms with Crippen molar-refractivity contribution in [3.63, 3.8) is 0 Å². The highest BCUT2D eigenvalue weighted by molar-refractivity contribution is 5.70. The molecule has 1 unspecified atom stereocenters. The summed E-state index contributed by atoms with van der Waals surface area (Å²) < 4.78 is 19.5. The molecule has 5 heteroatoms. The summed E-state index contributed by atoms with van der Waals surface area (Å²) in [5.74, 6) is -0.721. The lowest BCUT2D eigenvalue weighted by Gasteiger charge is -2.33. The van der Waals surface area contributed by atoms with Gasteiger partial charge in [0.2, 0.25) is 0 Å². The van der Waals surface area contributed by atoms with Crippen LogP contribution in [0.1, 0.15) is 70.4 Å². The summed E-state index contributed by atoms with van der Waals surface area (Å²) in [6.45, 7) is 5.41. The van der Waals surface area contributed by atoms with Crippen LogP contribution in [0.25, 0.3) is 0 Å². The summed E-state index contributed by atoms with van der Waals surface area (Å²) in [4.78, 5) is 12.0. The van der Waals surface area contributed by atoms with Gasteiger partial charge < -0.3 is 9.84 Å². The lowest BCUT2D eigenvalue weighted by atomic mass is 9.78. The molecule has 1 N–H and O–H groups in total. The molecule has 1 aliphatic rings. The van der Waals surface area contributed by atoms with E-state index in [4.69, 9.17) is 4.74 Å². The molecule has 0 amide bonds. The highest BCUT2D eigenvalue weighted by Crippen LogP contribution is 2.39. The lowest BCUT2D eigenvalue weighted by molar-refractivity contribution is -0.151. The van der Waals surface area contributed by atoms with Crippen molar-refractivity contribution in [2.45, 2.75) is 76.7 Å². The Morgan fingerprint density at radius 3 is 2.59 bits per heavy atom. The molecule has 0 spiro atoms. The lowest BCUT2D eigenvalue weighted by Crippen LogP contribution is -2.40. The van der Waals surface area contributed by atoms with Crippen molar-refractivity contribution in [2.24, 2.45) is 5.92 Å². The number of nitriles is 1. The van der Waals surface area contributed by atoms with Gasteiger partial charge in [-0.15, -0.1) is 0 Å². The monoisotopic (exact) mass is 375 g/mol. The van der Waals surface area contributed by atoms with E-state index >= 15 is 0 Å². The Hall–Kier alpha value is -1.93. The first kappa shape index (κ1) is 21.4. The topological polar surface area (TPSA) is 70.3 Å². The number of hydrogen-bond acceptors (Lipinski definition) is 4. The van der Waals surface area contributed by atoms with E-state index in [1.54, 1.807) is 32.9 Å². The maximum Gasteiger partial charge on any atom is 0.308 e. The van der Waals surface area contributed by atoms with E-state index in [0.717, 1.165) is 31.2 Å².